The maximum Gasteiger partial charge on any atom is 0.0754 e. The van der Waals surface area contributed by atoms with Crippen molar-refractivity contribution >= 4 is 0 Å². The molecule has 0 N–H and O–H groups in total. The van der Waals surface area contributed by atoms with E-state index in [4.69, 9.17) is 4.74 Å². The quantitative estimate of drug-likeness (QED) is 0.702. The predicted octanol–water partition coefficient (Wildman–Crippen LogP) is 4.34. The molecule has 0 aromatic heterocycles. The van der Waals surface area contributed by atoms with Gasteiger partial charge in [-0.2, -0.15) is 0 Å². The van der Waals surface area contributed by atoms with Crippen molar-refractivity contribution < 1.29 is 4.74 Å². The second-order valence-electron chi connectivity index (χ2n) is 9.45. The molecule has 1 fully saturated rings. The molecule has 2 atom stereocenters. The van der Waals surface area contributed by atoms with Crippen LogP contribution in [-0.4, -0.2) is 35.7 Å². The second kappa shape index (κ2) is 5.37. The van der Waals surface area contributed by atoms with E-state index in [2.05, 4.69) is 67.2 Å². The average molecular weight is 269 g/mol. The monoisotopic (exact) mass is 269 g/mol. The van der Waals surface area contributed by atoms with Crippen LogP contribution in [-0.2, 0) is 4.74 Å². The highest BCUT2D eigenvalue weighted by atomic mass is 16.5. The predicted molar refractivity (Wildman–Crippen MR) is 83.5 cm³/mol. The van der Waals surface area contributed by atoms with Crippen LogP contribution in [0.15, 0.2) is 0 Å². The van der Waals surface area contributed by atoms with Gasteiger partial charge in [-0.15, -0.1) is 0 Å². The summed E-state index contributed by atoms with van der Waals surface area (Å²) in [4.78, 5) is 2.60. The molecular weight excluding hydrogens is 234 g/mol. The summed E-state index contributed by atoms with van der Waals surface area (Å²) in [5.41, 5.74) is 0.761. The van der Waals surface area contributed by atoms with Gasteiger partial charge in [-0.05, 0) is 38.0 Å². The topological polar surface area (TPSA) is 12.5 Å². The van der Waals surface area contributed by atoms with E-state index in [0.29, 0.717) is 17.6 Å². The van der Waals surface area contributed by atoms with Crippen molar-refractivity contribution in [3.05, 3.63) is 0 Å². The van der Waals surface area contributed by atoms with E-state index in [-0.39, 0.29) is 11.0 Å². The highest BCUT2D eigenvalue weighted by Gasteiger charge is 2.39. The molecule has 1 aliphatic heterocycles. The zero-order chi connectivity index (χ0) is 15.1. The summed E-state index contributed by atoms with van der Waals surface area (Å²) in [5.74, 6) is 0. The van der Waals surface area contributed by atoms with Gasteiger partial charge in [-0.1, -0.05) is 41.5 Å². The molecule has 1 heterocycles. The Kier molecular flexibility index (Phi) is 4.79. The van der Waals surface area contributed by atoms with Gasteiger partial charge in [0.15, 0.2) is 0 Å². The number of hydrogen-bond donors (Lipinski definition) is 0. The van der Waals surface area contributed by atoms with Crippen LogP contribution in [0.3, 0.4) is 0 Å². The molecule has 0 bridgehead atoms. The van der Waals surface area contributed by atoms with Gasteiger partial charge in [-0.3, -0.25) is 4.90 Å². The summed E-state index contributed by atoms with van der Waals surface area (Å²) in [5, 5.41) is 0. The van der Waals surface area contributed by atoms with Gasteiger partial charge in [0.05, 0.1) is 12.2 Å². The molecule has 2 heteroatoms. The minimum Gasteiger partial charge on any atom is -0.372 e. The fourth-order valence-corrected chi connectivity index (χ4v) is 2.66. The van der Waals surface area contributed by atoms with Crippen LogP contribution in [0.25, 0.3) is 0 Å². The highest BCUT2D eigenvalue weighted by molar-refractivity contribution is 4.91. The molecule has 114 valence electrons. The lowest BCUT2D eigenvalue weighted by atomic mass is 9.84. The fraction of sp³-hybridized carbons (Fsp3) is 1.00. The molecule has 0 aromatic carbocycles. The van der Waals surface area contributed by atoms with E-state index in [1.165, 1.54) is 0 Å². The molecule has 2 unspecified atom stereocenters. The van der Waals surface area contributed by atoms with E-state index < -0.39 is 0 Å². The highest BCUT2D eigenvalue weighted by Crippen LogP contribution is 2.34. The summed E-state index contributed by atoms with van der Waals surface area (Å²) >= 11 is 0. The standard InChI is InChI=1S/C17H35NO/c1-15(2,3)10-13-11-18(17(7,8)9)12-14(19-13)16(4,5)6/h13-14H,10-12H2,1-9H3. The maximum absolute atomic E-state index is 6.41. The Bertz CT molecular complexity index is 268. The lowest BCUT2D eigenvalue weighted by Gasteiger charge is -2.49. The lowest BCUT2D eigenvalue weighted by molar-refractivity contribution is -0.152. The minimum absolute atomic E-state index is 0.208. The van der Waals surface area contributed by atoms with E-state index in [0.717, 1.165) is 19.5 Å². The third kappa shape index (κ3) is 5.43. The third-order valence-electron chi connectivity index (χ3n) is 3.92. The Labute approximate surface area is 120 Å². The Morgan fingerprint density at radius 1 is 0.895 bits per heavy atom. The molecule has 19 heavy (non-hydrogen) atoms. The van der Waals surface area contributed by atoms with Gasteiger partial charge < -0.3 is 4.74 Å². The first-order valence-corrected chi connectivity index (χ1v) is 7.69. The van der Waals surface area contributed by atoms with Crippen molar-refractivity contribution in [2.45, 2.75) is 86.5 Å². The van der Waals surface area contributed by atoms with Gasteiger partial charge in [-0.25, -0.2) is 0 Å². The van der Waals surface area contributed by atoms with Gasteiger partial charge in [0.1, 0.15) is 0 Å². The first-order chi connectivity index (χ1) is 8.29. The molecule has 1 aliphatic rings. The Hall–Kier alpha value is -0.0800. The molecular formula is C17H35NO. The molecule has 1 rings (SSSR count). The van der Waals surface area contributed by atoms with Crippen LogP contribution < -0.4 is 0 Å². The van der Waals surface area contributed by atoms with Crippen molar-refractivity contribution in [1.82, 2.24) is 4.90 Å². The number of morpholine rings is 1. The van der Waals surface area contributed by atoms with Gasteiger partial charge in [0.25, 0.3) is 0 Å². The van der Waals surface area contributed by atoms with Crippen LogP contribution in [0.5, 0.6) is 0 Å². The van der Waals surface area contributed by atoms with E-state index in [1.807, 2.05) is 0 Å². The molecule has 0 aliphatic carbocycles. The maximum atomic E-state index is 6.41. The summed E-state index contributed by atoms with van der Waals surface area (Å²) in [6, 6.07) is 0. The molecule has 0 radical (unpaired) electrons. The van der Waals surface area contributed by atoms with Crippen molar-refractivity contribution in [2.75, 3.05) is 13.1 Å². The van der Waals surface area contributed by atoms with Gasteiger partial charge in [0, 0.05) is 18.6 Å². The Morgan fingerprint density at radius 3 is 1.79 bits per heavy atom. The zero-order valence-corrected chi connectivity index (χ0v) is 14.6. The molecule has 2 nitrogen and oxygen atoms in total. The number of rotatable bonds is 1. The summed E-state index contributed by atoms with van der Waals surface area (Å²) in [6.07, 6.45) is 1.82. The Morgan fingerprint density at radius 2 is 1.42 bits per heavy atom. The fourth-order valence-electron chi connectivity index (χ4n) is 2.66. The van der Waals surface area contributed by atoms with Crippen LogP contribution in [0, 0.1) is 10.8 Å². The van der Waals surface area contributed by atoms with Crippen molar-refractivity contribution in [3.63, 3.8) is 0 Å². The van der Waals surface area contributed by atoms with Crippen molar-refractivity contribution in [3.8, 4) is 0 Å². The molecule has 0 spiro atoms. The number of ether oxygens (including phenoxy) is 1. The summed E-state index contributed by atoms with van der Waals surface area (Å²) < 4.78 is 6.41. The first kappa shape index (κ1) is 17.0. The van der Waals surface area contributed by atoms with Crippen LogP contribution in [0.4, 0.5) is 0 Å². The average Bonchev–Trinajstić information content (AvgIpc) is 2.11. The summed E-state index contributed by atoms with van der Waals surface area (Å²) in [7, 11) is 0. The van der Waals surface area contributed by atoms with Crippen molar-refractivity contribution in [2.24, 2.45) is 10.8 Å². The van der Waals surface area contributed by atoms with Crippen molar-refractivity contribution in [1.29, 1.82) is 0 Å². The lowest BCUT2D eigenvalue weighted by Crippen LogP contribution is -2.58. The third-order valence-corrected chi connectivity index (χ3v) is 3.92. The minimum atomic E-state index is 0.208. The van der Waals surface area contributed by atoms with Crippen LogP contribution in [0.1, 0.15) is 68.7 Å². The Balaban J connectivity index is 2.84. The molecule has 0 saturated carbocycles. The van der Waals surface area contributed by atoms with E-state index >= 15 is 0 Å². The molecule has 0 amide bonds. The number of hydrogen-bond acceptors (Lipinski definition) is 2. The molecule has 0 aromatic rings. The number of nitrogens with zero attached hydrogens (tertiary/aromatic N) is 1. The first-order valence-electron chi connectivity index (χ1n) is 7.69. The van der Waals surface area contributed by atoms with Gasteiger partial charge in [0.2, 0.25) is 0 Å². The van der Waals surface area contributed by atoms with E-state index in [1.54, 1.807) is 0 Å². The SMILES string of the molecule is CC(C)(C)CC1CN(C(C)(C)C)CC(C(C)(C)C)O1. The summed E-state index contributed by atoms with van der Waals surface area (Å²) in [6.45, 7) is 22.8. The van der Waals surface area contributed by atoms with Crippen LogP contribution >= 0.6 is 0 Å². The van der Waals surface area contributed by atoms with E-state index in [9.17, 15) is 0 Å². The normalized spacial score (nSPS) is 27.6. The largest absolute Gasteiger partial charge is 0.372 e. The molecule has 1 saturated heterocycles. The second-order valence-corrected chi connectivity index (χ2v) is 9.45. The smallest absolute Gasteiger partial charge is 0.0754 e. The zero-order valence-electron chi connectivity index (χ0n) is 14.6. The van der Waals surface area contributed by atoms with Gasteiger partial charge >= 0.3 is 0 Å². The van der Waals surface area contributed by atoms with Crippen LogP contribution in [0.2, 0.25) is 0 Å².